The van der Waals surface area contributed by atoms with Crippen LogP contribution in [-0.2, 0) is 6.54 Å². The zero-order valence-electron chi connectivity index (χ0n) is 17.0. The molecular formula is C25H16ClN3OS2. The number of rotatable bonds is 3. The molecule has 0 saturated heterocycles. The van der Waals surface area contributed by atoms with E-state index >= 15 is 0 Å². The van der Waals surface area contributed by atoms with Gasteiger partial charge in [0.25, 0.3) is 5.91 Å². The van der Waals surface area contributed by atoms with Gasteiger partial charge >= 0.3 is 0 Å². The van der Waals surface area contributed by atoms with Crippen LogP contribution >= 0.6 is 34.3 Å². The van der Waals surface area contributed by atoms with Crippen LogP contribution in [0.2, 0.25) is 5.02 Å². The van der Waals surface area contributed by atoms with Gasteiger partial charge in [0.05, 0.1) is 38.4 Å². The molecule has 0 unspecified atom stereocenters. The van der Waals surface area contributed by atoms with Crippen LogP contribution < -0.4 is 4.80 Å². The fourth-order valence-corrected chi connectivity index (χ4v) is 5.61. The van der Waals surface area contributed by atoms with Gasteiger partial charge in [-0.2, -0.15) is 4.99 Å². The Bertz CT molecular complexity index is 1600. The molecule has 0 radical (unpaired) electrons. The fourth-order valence-electron chi connectivity index (χ4n) is 3.69. The number of amides is 1. The second-order valence-corrected chi connectivity index (χ2v) is 9.52. The smallest absolute Gasteiger partial charge is 0.280 e. The molecule has 5 aromatic rings. The van der Waals surface area contributed by atoms with Crippen LogP contribution in [0.5, 0.6) is 0 Å². The van der Waals surface area contributed by atoms with Crippen LogP contribution in [0.15, 0.2) is 65.0 Å². The zero-order valence-corrected chi connectivity index (χ0v) is 19.4. The monoisotopic (exact) mass is 473 g/mol. The minimum atomic E-state index is -0.331. The van der Waals surface area contributed by atoms with Crippen molar-refractivity contribution in [3.05, 3.63) is 80.9 Å². The number of hydrogen-bond donors (Lipinski definition) is 0. The molecule has 0 saturated carbocycles. The summed E-state index contributed by atoms with van der Waals surface area (Å²) in [5.41, 5.74) is 3.85. The quantitative estimate of drug-likeness (QED) is 0.288. The maximum atomic E-state index is 13.5. The number of carbonyl (C=O) groups excluding carboxylic acids is 1. The lowest BCUT2D eigenvalue weighted by atomic mass is 10.1. The minimum Gasteiger partial charge on any atom is -0.304 e. The predicted molar refractivity (Wildman–Crippen MR) is 133 cm³/mol. The molecule has 5 rings (SSSR count). The first-order valence-electron chi connectivity index (χ1n) is 9.81. The minimum absolute atomic E-state index is 0.296. The fraction of sp³-hybridized carbons (Fsp3) is 0.0800. The Balaban J connectivity index is 1.74. The van der Waals surface area contributed by atoms with E-state index in [0.29, 0.717) is 21.9 Å². The molecule has 0 spiro atoms. The highest BCUT2D eigenvalue weighted by Gasteiger charge is 2.16. The van der Waals surface area contributed by atoms with Crippen LogP contribution in [0.25, 0.3) is 31.7 Å². The first kappa shape index (κ1) is 20.7. The van der Waals surface area contributed by atoms with Gasteiger partial charge < -0.3 is 4.57 Å². The normalized spacial score (nSPS) is 11.8. The van der Waals surface area contributed by atoms with E-state index in [0.717, 1.165) is 37.3 Å². The van der Waals surface area contributed by atoms with Crippen molar-refractivity contribution in [2.45, 2.75) is 13.5 Å². The van der Waals surface area contributed by atoms with E-state index in [4.69, 9.17) is 23.0 Å². The number of halogens is 1. The Morgan fingerprint density at radius 3 is 2.84 bits per heavy atom. The molecule has 0 bridgehead atoms. The number of hydrogen-bond acceptors (Lipinski definition) is 4. The third-order valence-corrected chi connectivity index (χ3v) is 7.54. The zero-order chi connectivity index (χ0) is 22.2. The number of benzene rings is 2. The van der Waals surface area contributed by atoms with Crippen LogP contribution in [0.1, 0.15) is 15.9 Å². The van der Waals surface area contributed by atoms with Crippen LogP contribution in [0.4, 0.5) is 0 Å². The summed E-state index contributed by atoms with van der Waals surface area (Å²) in [6, 6.07) is 17.2. The lowest BCUT2D eigenvalue weighted by molar-refractivity contribution is 0.0999. The Labute approximate surface area is 197 Å². The molecule has 7 heteroatoms. The second-order valence-electron chi connectivity index (χ2n) is 7.16. The number of para-hydroxylation sites is 1. The van der Waals surface area contributed by atoms with E-state index in [1.165, 1.54) is 11.3 Å². The van der Waals surface area contributed by atoms with Crippen molar-refractivity contribution >= 4 is 61.3 Å². The number of nitrogens with zero attached hydrogens (tertiary/aromatic N) is 3. The molecule has 0 fully saturated rings. The van der Waals surface area contributed by atoms with Gasteiger partial charge in [-0.1, -0.05) is 53.1 Å². The highest BCUT2D eigenvalue weighted by Crippen LogP contribution is 2.29. The van der Waals surface area contributed by atoms with E-state index in [-0.39, 0.29) is 5.91 Å². The average molecular weight is 474 g/mol. The number of terminal acetylenes is 1. The Morgan fingerprint density at radius 2 is 2.06 bits per heavy atom. The standard InChI is InChI=1S/C25H16ClN3OS2/c1-3-12-29-23-15(2)18(26)10-11-22(23)32-25(29)28-24(30)17-14-20(21-9-6-13-31-21)27-19-8-5-4-7-16(17)19/h1,4-11,13-14H,12H2,2H3. The van der Waals surface area contributed by atoms with Crippen molar-refractivity contribution < 1.29 is 4.79 Å². The molecule has 2 aromatic carbocycles. The second kappa shape index (κ2) is 8.36. The summed E-state index contributed by atoms with van der Waals surface area (Å²) in [6.07, 6.45) is 5.63. The maximum Gasteiger partial charge on any atom is 0.280 e. The Morgan fingerprint density at radius 1 is 1.22 bits per heavy atom. The number of fused-ring (bicyclic) bond motifs is 2. The van der Waals surface area contributed by atoms with Gasteiger partial charge in [0, 0.05) is 10.4 Å². The lowest BCUT2D eigenvalue weighted by Crippen LogP contribution is -2.17. The van der Waals surface area contributed by atoms with Gasteiger partial charge in [0.15, 0.2) is 4.80 Å². The lowest BCUT2D eigenvalue weighted by Gasteiger charge is -2.07. The van der Waals surface area contributed by atoms with Crippen LogP contribution in [0.3, 0.4) is 0 Å². The first-order chi connectivity index (χ1) is 15.6. The van der Waals surface area contributed by atoms with Crippen molar-refractivity contribution in [2.75, 3.05) is 0 Å². The largest absolute Gasteiger partial charge is 0.304 e. The molecule has 0 aliphatic heterocycles. The average Bonchev–Trinajstić information content (AvgIpc) is 3.45. The van der Waals surface area contributed by atoms with E-state index < -0.39 is 0 Å². The van der Waals surface area contributed by atoms with Gasteiger partial charge in [-0.25, -0.2) is 4.98 Å². The van der Waals surface area contributed by atoms with Crippen molar-refractivity contribution in [2.24, 2.45) is 4.99 Å². The van der Waals surface area contributed by atoms with Crippen LogP contribution in [0, 0.1) is 19.3 Å². The summed E-state index contributed by atoms with van der Waals surface area (Å²) in [4.78, 5) is 24.3. The molecule has 156 valence electrons. The molecule has 32 heavy (non-hydrogen) atoms. The molecule has 1 amide bonds. The molecule has 0 aliphatic rings. The summed E-state index contributed by atoms with van der Waals surface area (Å²) in [5.74, 6) is 2.34. The molecule has 0 aliphatic carbocycles. The van der Waals surface area contributed by atoms with E-state index in [1.54, 1.807) is 11.3 Å². The Hall–Kier alpha value is -3.24. The van der Waals surface area contributed by atoms with Gasteiger partial charge in [-0.05, 0) is 48.2 Å². The van der Waals surface area contributed by atoms with Crippen molar-refractivity contribution in [3.63, 3.8) is 0 Å². The summed E-state index contributed by atoms with van der Waals surface area (Å²) in [5, 5.41) is 3.41. The third-order valence-electron chi connectivity index (χ3n) is 5.20. The van der Waals surface area contributed by atoms with E-state index in [9.17, 15) is 4.79 Å². The predicted octanol–water partition coefficient (Wildman–Crippen LogP) is 6.32. The van der Waals surface area contributed by atoms with Crippen LogP contribution in [-0.4, -0.2) is 15.5 Å². The van der Waals surface area contributed by atoms with E-state index in [2.05, 4.69) is 10.9 Å². The molecule has 3 heterocycles. The van der Waals surface area contributed by atoms with E-state index in [1.807, 2.05) is 71.5 Å². The first-order valence-corrected chi connectivity index (χ1v) is 11.9. The summed E-state index contributed by atoms with van der Waals surface area (Å²) in [6.45, 7) is 2.24. The van der Waals surface area contributed by atoms with Gasteiger partial charge in [0.2, 0.25) is 0 Å². The third kappa shape index (κ3) is 3.55. The number of aryl methyl sites for hydroxylation is 1. The SMILES string of the molecule is C#CCn1c(=NC(=O)c2cc(-c3cccs3)nc3ccccc23)sc2ccc(Cl)c(C)c21. The number of thiophene rings is 1. The number of pyridine rings is 1. The Kier molecular flexibility index (Phi) is 5.40. The topological polar surface area (TPSA) is 47.2 Å². The number of aromatic nitrogens is 2. The van der Waals surface area contributed by atoms with Crippen molar-refractivity contribution in [1.29, 1.82) is 0 Å². The molecule has 0 N–H and O–H groups in total. The molecular weight excluding hydrogens is 458 g/mol. The summed E-state index contributed by atoms with van der Waals surface area (Å²) in [7, 11) is 0. The summed E-state index contributed by atoms with van der Waals surface area (Å²) >= 11 is 9.35. The number of thiazole rings is 1. The van der Waals surface area contributed by atoms with Gasteiger partial charge in [-0.15, -0.1) is 17.8 Å². The molecule has 4 nitrogen and oxygen atoms in total. The highest BCUT2D eigenvalue weighted by atomic mass is 35.5. The molecule has 3 aromatic heterocycles. The molecule has 0 atom stereocenters. The van der Waals surface area contributed by atoms with Crippen molar-refractivity contribution in [1.82, 2.24) is 9.55 Å². The van der Waals surface area contributed by atoms with Crippen molar-refractivity contribution in [3.8, 4) is 22.9 Å². The highest BCUT2D eigenvalue weighted by molar-refractivity contribution is 7.16. The van der Waals surface area contributed by atoms with Gasteiger partial charge in [0.1, 0.15) is 0 Å². The summed E-state index contributed by atoms with van der Waals surface area (Å²) < 4.78 is 2.86. The van der Waals surface area contributed by atoms with Gasteiger partial charge in [-0.3, -0.25) is 4.79 Å². The number of carbonyl (C=O) groups is 1. The maximum absolute atomic E-state index is 13.5.